The maximum Gasteiger partial charge on any atom is 0.0596 e. The fraction of sp³-hybridized carbons (Fsp3) is 0.500. The van der Waals surface area contributed by atoms with Gasteiger partial charge in [0.1, 0.15) is 0 Å². The first-order chi connectivity index (χ1) is 9.65. The van der Waals surface area contributed by atoms with Crippen molar-refractivity contribution < 1.29 is 0 Å². The zero-order valence-corrected chi connectivity index (χ0v) is 12.8. The molecule has 20 heavy (non-hydrogen) atoms. The Morgan fingerprint density at radius 2 is 2.10 bits per heavy atom. The summed E-state index contributed by atoms with van der Waals surface area (Å²) in [7, 11) is 0. The van der Waals surface area contributed by atoms with Gasteiger partial charge in [0.15, 0.2) is 0 Å². The predicted octanol–water partition coefficient (Wildman–Crippen LogP) is 2.81. The second kappa shape index (κ2) is 6.66. The molecule has 2 heterocycles. The zero-order chi connectivity index (χ0) is 14.5. The van der Waals surface area contributed by atoms with E-state index >= 15 is 0 Å². The van der Waals surface area contributed by atoms with E-state index in [0.717, 1.165) is 25.2 Å². The number of nitrogens with zero attached hydrogens (tertiary/aromatic N) is 3. The summed E-state index contributed by atoms with van der Waals surface area (Å²) in [4.78, 5) is 4.28. The maximum absolute atomic E-state index is 4.53. The minimum absolute atomic E-state index is 0.287. The molecule has 0 bridgehead atoms. The normalized spacial score (nSPS) is 12.6. The molecule has 2 rings (SSSR count). The zero-order valence-electron chi connectivity index (χ0n) is 12.8. The smallest absolute Gasteiger partial charge is 0.0596 e. The number of aryl methyl sites for hydroxylation is 3. The van der Waals surface area contributed by atoms with E-state index in [1.165, 1.54) is 16.8 Å². The Hall–Kier alpha value is -1.68. The lowest BCUT2D eigenvalue weighted by Gasteiger charge is -2.20. The molecule has 0 spiro atoms. The highest BCUT2D eigenvalue weighted by atomic mass is 15.3. The third kappa shape index (κ3) is 3.25. The van der Waals surface area contributed by atoms with Gasteiger partial charge in [-0.3, -0.25) is 9.67 Å². The lowest BCUT2D eigenvalue weighted by molar-refractivity contribution is 0.513. The fourth-order valence-corrected chi connectivity index (χ4v) is 2.63. The van der Waals surface area contributed by atoms with Crippen LogP contribution in [-0.4, -0.2) is 21.3 Å². The number of hydrogen-bond donors (Lipinski definition) is 1. The lowest BCUT2D eigenvalue weighted by atomic mass is 9.99. The number of likely N-dealkylation sites (N-methyl/N-ethyl adjacent to an activating group) is 1. The van der Waals surface area contributed by atoms with Crippen LogP contribution in [0.4, 0.5) is 0 Å². The highest BCUT2D eigenvalue weighted by molar-refractivity contribution is 5.27. The van der Waals surface area contributed by atoms with Crippen LogP contribution in [-0.2, 0) is 13.0 Å². The van der Waals surface area contributed by atoms with Crippen LogP contribution in [0.2, 0.25) is 0 Å². The highest BCUT2D eigenvalue weighted by Crippen LogP contribution is 2.21. The van der Waals surface area contributed by atoms with Gasteiger partial charge < -0.3 is 5.32 Å². The first-order valence-electron chi connectivity index (χ1n) is 7.32. The summed E-state index contributed by atoms with van der Waals surface area (Å²) < 4.78 is 2.09. The molecule has 0 aliphatic rings. The summed E-state index contributed by atoms with van der Waals surface area (Å²) in [5, 5.41) is 8.10. The minimum atomic E-state index is 0.287. The summed E-state index contributed by atoms with van der Waals surface area (Å²) in [6.07, 6.45) is 4.76. The van der Waals surface area contributed by atoms with E-state index in [9.17, 15) is 0 Å². The second-order valence-corrected chi connectivity index (χ2v) is 5.14. The van der Waals surface area contributed by atoms with Crippen LogP contribution < -0.4 is 5.32 Å². The lowest BCUT2D eigenvalue weighted by Crippen LogP contribution is -2.25. The molecule has 0 radical (unpaired) electrons. The summed E-state index contributed by atoms with van der Waals surface area (Å²) in [6, 6.07) is 4.54. The van der Waals surface area contributed by atoms with E-state index in [2.05, 4.69) is 53.0 Å². The topological polar surface area (TPSA) is 42.7 Å². The monoisotopic (exact) mass is 272 g/mol. The molecule has 108 valence electrons. The van der Waals surface area contributed by atoms with Crippen molar-refractivity contribution in [3.63, 3.8) is 0 Å². The van der Waals surface area contributed by atoms with E-state index in [-0.39, 0.29) is 6.04 Å². The number of nitrogens with one attached hydrogen (secondary N) is 1. The molecule has 0 aliphatic heterocycles. The van der Waals surface area contributed by atoms with Gasteiger partial charge in [0.05, 0.1) is 5.69 Å². The van der Waals surface area contributed by atoms with Gasteiger partial charge in [-0.2, -0.15) is 5.10 Å². The van der Waals surface area contributed by atoms with Crippen LogP contribution in [0.15, 0.2) is 24.5 Å². The Balaban J connectivity index is 2.28. The summed E-state index contributed by atoms with van der Waals surface area (Å²) in [5.41, 5.74) is 4.92. The number of hydrogen-bond acceptors (Lipinski definition) is 3. The van der Waals surface area contributed by atoms with E-state index < -0.39 is 0 Å². The first kappa shape index (κ1) is 14.7. The third-order valence-electron chi connectivity index (χ3n) is 3.60. The van der Waals surface area contributed by atoms with Gasteiger partial charge in [-0.05, 0) is 50.6 Å². The van der Waals surface area contributed by atoms with Crippen molar-refractivity contribution in [3.05, 3.63) is 47.0 Å². The molecule has 1 N–H and O–H groups in total. The van der Waals surface area contributed by atoms with Crippen molar-refractivity contribution in [2.24, 2.45) is 0 Å². The van der Waals surface area contributed by atoms with Gasteiger partial charge in [0, 0.05) is 37.1 Å². The predicted molar refractivity (Wildman–Crippen MR) is 81.7 cm³/mol. The van der Waals surface area contributed by atoms with Crippen LogP contribution in [0, 0.1) is 13.8 Å². The van der Waals surface area contributed by atoms with E-state index in [0.29, 0.717) is 0 Å². The Labute approximate surface area is 121 Å². The molecule has 0 saturated heterocycles. The van der Waals surface area contributed by atoms with Crippen molar-refractivity contribution in [2.45, 2.75) is 46.7 Å². The fourth-order valence-electron chi connectivity index (χ4n) is 2.63. The van der Waals surface area contributed by atoms with Gasteiger partial charge in [0.25, 0.3) is 0 Å². The molecule has 1 atom stereocenters. The second-order valence-electron chi connectivity index (χ2n) is 5.14. The van der Waals surface area contributed by atoms with Crippen LogP contribution in [0.25, 0.3) is 0 Å². The first-order valence-corrected chi connectivity index (χ1v) is 7.32. The average molecular weight is 272 g/mol. The van der Waals surface area contributed by atoms with Crippen molar-refractivity contribution in [1.82, 2.24) is 20.1 Å². The molecular formula is C16H24N4. The largest absolute Gasteiger partial charge is 0.310 e. The standard InChI is InChI=1S/C16H24N4/c1-5-18-16(15-11-17-8-7-12(15)3)10-14-9-13(4)19-20(14)6-2/h7-9,11,16,18H,5-6,10H2,1-4H3. The Kier molecular flexibility index (Phi) is 4.90. The van der Waals surface area contributed by atoms with Gasteiger partial charge in [-0.25, -0.2) is 0 Å². The molecule has 2 aromatic rings. The summed E-state index contributed by atoms with van der Waals surface area (Å²) >= 11 is 0. The molecule has 0 amide bonds. The van der Waals surface area contributed by atoms with Gasteiger partial charge >= 0.3 is 0 Å². The number of pyridine rings is 1. The molecule has 1 unspecified atom stereocenters. The van der Waals surface area contributed by atoms with E-state index in [1.807, 2.05) is 19.3 Å². The molecule has 2 aromatic heterocycles. The average Bonchev–Trinajstić information content (AvgIpc) is 2.79. The van der Waals surface area contributed by atoms with Crippen LogP contribution >= 0.6 is 0 Å². The number of rotatable bonds is 6. The molecule has 0 aliphatic carbocycles. The summed E-state index contributed by atoms with van der Waals surface area (Å²) in [5.74, 6) is 0. The minimum Gasteiger partial charge on any atom is -0.310 e. The molecule has 0 saturated carbocycles. The van der Waals surface area contributed by atoms with Crippen LogP contribution in [0.5, 0.6) is 0 Å². The van der Waals surface area contributed by atoms with E-state index in [1.54, 1.807) is 0 Å². The van der Waals surface area contributed by atoms with Gasteiger partial charge in [0.2, 0.25) is 0 Å². The molecule has 0 fully saturated rings. The van der Waals surface area contributed by atoms with Crippen molar-refractivity contribution in [3.8, 4) is 0 Å². The highest BCUT2D eigenvalue weighted by Gasteiger charge is 2.16. The molecule has 0 aromatic carbocycles. The SMILES string of the molecule is CCNC(Cc1cc(C)nn1CC)c1cnccc1C. The molecular weight excluding hydrogens is 248 g/mol. The van der Waals surface area contributed by atoms with Gasteiger partial charge in [-0.15, -0.1) is 0 Å². The third-order valence-corrected chi connectivity index (χ3v) is 3.60. The Morgan fingerprint density at radius 1 is 1.30 bits per heavy atom. The molecule has 4 nitrogen and oxygen atoms in total. The van der Waals surface area contributed by atoms with Crippen molar-refractivity contribution in [2.75, 3.05) is 6.54 Å². The number of aromatic nitrogens is 3. The van der Waals surface area contributed by atoms with Gasteiger partial charge in [-0.1, -0.05) is 6.92 Å². The Bertz CT molecular complexity index is 559. The summed E-state index contributed by atoms with van der Waals surface area (Å²) in [6.45, 7) is 10.3. The van der Waals surface area contributed by atoms with Crippen LogP contribution in [0.3, 0.4) is 0 Å². The van der Waals surface area contributed by atoms with Crippen molar-refractivity contribution >= 4 is 0 Å². The van der Waals surface area contributed by atoms with Crippen LogP contribution in [0.1, 0.15) is 42.4 Å². The Morgan fingerprint density at radius 3 is 2.75 bits per heavy atom. The maximum atomic E-state index is 4.53. The van der Waals surface area contributed by atoms with E-state index in [4.69, 9.17) is 0 Å². The molecule has 4 heteroatoms. The van der Waals surface area contributed by atoms with Crippen molar-refractivity contribution in [1.29, 1.82) is 0 Å². The quantitative estimate of drug-likeness (QED) is 0.879.